The Morgan fingerprint density at radius 1 is 1.38 bits per heavy atom. The molecule has 2 fully saturated rings. The van der Waals surface area contributed by atoms with Crippen LogP contribution in [-0.2, 0) is 0 Å². The van der Waals surface area contributed by atoms with E-state index in [-0.39, 0.29) is 23.2 Å². The van der Waals surface area contributed by atoms with E-state index in [2.05, 4.69) is 0 Å². The van der Waals surface area contributed by atoms with Gasteiger partial charge in [-0.1, -0.05) is 12.8 Å². The third-order valence-corrected chi connectivity index (χ3v) is 4.27. The summed E-state index contributed by atoms with van der Waals surface area (Å²) >= 11 is 0. The first-order valence-electron chi connectivity index (χ1n) is 5.94. The Morgan fingerprint density at radius 3 is 2.88 bits per heavy atom. The van der Waals surface area contributed by atoms with Crippen molar-refractivity contribution in [2.75, 3.05) is 0 Å². The van der Waals surface area contributed by atoms with Crippen LogP contribution < -0.4 is 0 Å². The van der Waals surface area contributed by atoms with Gasteiger partial charge in [-0.15, -0.1) is 0 Å². The van der Waals surface area contributed by atoms with Gasteiger partial charge in [0.1, 0.15) is 23.2 Å². The van der Waals surface area contributed by atoms with Crippen molar-refractivity contribution in [1.29, 1.82) is 10.7 Å². The lowest BCUT2D eigenvalue weighted by Crippen LogP contribution is -2.39. The van der Waals surface area contributed by atoms with Gasteiger partial charge in [0.15, 0.2) is 0 Å². The minimum Gasteiger partial charge on any atom is -0.509 e. The van der Waals surface area contributed by atoms with Gasteiger partial charge >= 0.3 is 0 Å². The monoisotopic (exact) mass is 217 g/mol. The summed E-state index contributed by atoms with van der Waals surface area (Å²) in [6.07, 6.45) is 5.71. The van der Waals surface area contributed by atoms with E-state index in [1.54, 1.807) is 0 Å². The number of hydrogen-bond donors (Lipinski definition) is 2. The van der Waals surface area contributed by atoms with Crippen LogP contribution >= 0.6 is 0 Å². The van der Waals surface area contributed by atoms with Gasteiger partial charge in [0.25, 0.3) is 0 Å². The van der Waals surface area contributed by atoms with Gasteiger partial charge in [-0.3, -0.25) is 5.41 Å². The highest BCUT2D eigenvalue weighted by Gasteiger charge is 2.50. The second-order valence-corrected chi connectivity index (χ2v) is 4.99. The van der Waals surface area contributed by atoms with E-state index in [1.807, 2.05) is 11.0 Å². The molecule has 3 atom stereocenters. The SMILES string of the molecule is N#CC1=C(O)[C@@H]2C[C@H]3CCCC[C@@H]3N2C1=N. The molecular weight excluding hydrogens is 202 g/mol. The molecule has 0 unspecified atom stereocenters. The van der Waals surface area contributed by atoms with E-state index in [9.17, 15) is 5.11 Å². The third-order valence-electron chi connectivity index (χ3n) is 4.27. The lowest BCUT2D eigenvalue weighted by Gasteiger charge is -2.32. The van der Waals surface area contributed by atoms with Crippen LogP contribution in [0.1, 0.15) is 32.1 Å². The number of nitriles is 1. The molecule has 1 saturated heterocycles. The van der Waals surface area contributed by atoms with Gasteiger partial charge in [0.05, 0.1) is 6.04 Å². The Hall–Kier alpha value is -1.50. The summed E-state index contributed by atoms with van der Waals surface area (Å²) in [4.78, 5) is 1.98. The number of aliphatic hydroxyl groups is 1. The van der Waals surface area contributed by atoms with E-state index in [0.717, 1.165) is 12.8 Å². The molecule has 0 aromatic carbocycles. The molecule has 0 aromatic rings. The van der Waals surface area contributed by atoms with Gasteiger partial charge in [0, 0.05) is 6.04 Å². The maximum atomic E-state index is 9.95. The minimum atomic E-state index is -0.0738. The normalized spacial score (nSPS) is 37.3. The molecule has 0 spiro atoms. The topological polar surface area (TPSA) is 71.1 Å². The van der Waals surface area contributed by atoms with E-state index in [1.165, 1.54) is 19.3 Å². The van der Waals surface area contributed by atoms with E-state index < -0.39 is 0 Å². The number of nitrogens with zero attached hydrogens (tertiary/aromatic N) is 2. The average molecular weight is 217 g/mol. The molecule has 1 saturated carbocycles. The molecule has 3 aliphatic rings. The molecule has 2 aliphatic heterocycles. The first-order chi connectivity index (χ1) is 7.74. The first kappa shape index (κ1) is 9.71. The maximum Gasteiger partial charge on any atom is 0.143 e. The molecule has 1 aliphatic carbocycles. The fourth-order valence-corrected chi connectivity index (χ4v) is 3.55. The maximum absolute atomic E-state index is 9.95. The fourth-order valence-electron chi connectivity index (χ4n) is 3.55. The molecule has 4 nitrogen and oxygen atoms in total. The van der Waals surface area contributed by atoms with E-state index in [4.69, 9.17) is 10.7 Å². The van der Waals surface area contributed by atoms with Crippen LogP contribution in [0.5, 0.6) is 0 Å². The Morgan fingerprint density at radius 2 is 2.12 bits per heavy atom. The predicted molar refractivity (Wildman–Crippen MR) is 59.0 cm³/mol. The molecular formula is C12H15N3O. The zero-order valence-electron chi connectivity index (χ0n) is 9.11. The Labute approximate surface area is 94.7 Å². The number of rotatable bonds is 0. The van der Waals surface area contributed by atoms with Crippen molar-refractivity contribution in [1.82, 2.24) is 4.90 Å². The van der Waals surface area contributed by atoms with Gasteiger partial charge in [-0.25, -0.2) is 0 Å². The highest BCUT2D eigenvalue weighted by Crippen LogP contribution is 2.45. The zero-order chi connectivity index (χ0) is 11.3. The zero-order valence-corrected chi connectivity index (χ0v) is 9.11. The Kier molecular flexibility index (Phi) is 1.97. The van der Waals surface area contributed by atoms with Crippen molar-refractivity contribution >= 4 is 5.84 Å². The molecule has 3 rings (SSSR count). The smallest absolute Gasteiger partial charge is 0.143 e. The van der Waals surface area contributed by atoms with Crippen molar-refractivity contribution in [2.45, 2.75) is 44.2 Å². The predicted octanol–water partition coefficient (Wildman–Crippen LogP) is 1.95. The van der Waals surface area contributed by atoms with Gasteiger partial charge in [0.2, 0.25) is 0 Å². The fraction of sp³-hybridized carbons (Fsp3) is 0.667. The van der Waals surface area contributed by atoms with Crippen LogP contribution in [-0.4, -0.2) is 27.9 Å². The Bertz CT molecular complexity index is 420. The van der Waals surface area contributed by atoms with Crippen molar-refractivity contribution in [3.05, 3.63) is 11.3 Å². The molecule has 0 bridgehead atoms. The van der Waals surface area contributed by atoms with Crippen molar-refractivity contribution < 1.29 is 5.11 Å². The van der Waals surface area contributed by atoms with Gasteiger partial charge in [-0.05, 0) is 25.2 Å². The minimum absolute atomic E-state index is 0.0738. The second-order valence-electron chi connectivity index (χ2n) is 4.99. The summed E-state index contributed by atoms with van der Waals surface area (Å²) < 4.78 is 0. The van der Waals surface area contributed by atoms with E-state index in [0.29, 0.717) is 12.0 Å². The summed E-state index contributed by atoms with van der Waals surface area (Å²) in [5, 5.41) is 26.8. The molecule has 84 valence electrons. The molecule has 16 heavy (non-hydrogen) atoms. The molecule has 0 amide bonds. The van der Waals surface area contributed by atoms with Crippen LogP contribution in [0, 0.1) is 22.7 Å². The van der Waals surface area contributed by atoms with E-state index >= 15 is 0 Å². The third kappa shape index (κ3) is 1.06. The summed E-state index contributed by atoms with van der Waals surface area (Å²) in [7, 11) is 0. The van der Waals surface area contributed by atoms with Crippen LogP contribution in [0.15, 0.2) is 11.3 Å². The lowest BCUT2D eigenvalue weighted by atomic mass is 9.84. The summed E-state index contributed by atoms with van der Waals surface area (Å²) in [5.74, 6) is 1.00. The largest absolute Gasteiger partial charge is 0.509 e. The summed E-state index contributed by atoms with van der Waals surface area (Å²) in [5.41, 5.74) is 0.189. The van der Waals surface area contributed by atoms with Gasteiger partial charge < -0.3 is 10.0 Å². The quantitative estimate of drug-likeness (QED) is 0.651. The number of fused-ring (bicyclic) bond motifs is 3. The number of nitrogens with one attached hydrogen (secondary N) is 1. The highest BCUT2D eigenvalue weighted by molar-refractivity contribution is 6.03. The highest BCUT2D eigenvalue weighted by atomic mass is 16.3. The average Bonchev–Trinajstić information content (AvgIpc) is 2.77. The molecule has 0 radical (unpaired) electrons. The number of hydrogen-bond acceptors (Lipinski definition) is 3. The molecule has 2 heterocycles. The van der Waals surface area contributed by atoms with Crippen LogP contribution in [0.4, 0.5) is 0 Å². The van der Waals surface area contributed by atoms with Crippen LogP contribution in [0.3, 0.4) is 0 Å². The summed E-state index contributed by atoms with van der Waals surface area (Å²) in [6, 6.07) is 2.27. The Balaban J connectivity index is 1.96. The van der Waals surface area contributed by atoms with Crippen molar-refractivity contribution in [3.63, 3.8) is 0 Å². The van der Waals surface area contributed by atoms with Crippen molar-refractivity contribution in [2.24, 2.45) is 5.92 Å². The van der Waals surface area contributed by atoms with Crippen LogP contribution in [0.25, 0.3) is 0 Å². The molecule has 4 heteroatoms. The van der Waals surface area contributed by atoms with Crippen molar-refractivity contribution in [3.8, 4) is 6.07 Å². The van der Waals surface area contributed by atoms with Gasteiger partial charge in [-0.2, -0.15) is 5.26 Å². The standard InChI is InChI=1S/C12H15N3O/c13-6-8-11(16)10-5-7-3-1-2-4-9(7)15(10)12(8)14/h7,9-10,14,16H,1-5H2/t7-,9+,10+/m1/s1. The van der Waals surface area contributed by atoms with Crippen LogP contribution in [0.2, 0.25) is 0 Å². The molecule has 0 aromatic heterocycles. The lowest BCUT2D eigenvalue weighted by molar-refractivity contribution is 0.233. The number of aliphatic hydroxyl groups excluding tert-OH is 1. The first-order valence-corrected chi connectivity index (χ1v) is 5.94. The second kappa shape index (κ2) is 3.24. The molecule has 2 N–H and O–H groups in total. The number of amidine groups is 1. The summed E-state index contributed by atoms with van der Waals surface area (Å²) in [6.45, 7) is 0.